The number of hydrogen-bond donors (Lipinski definition) is 2. The second-order valence-corrected chi connectivity index (χ2v) is 5.04. The summed E-state index contributed by atoms with van der Waals surface area (Å²) >= 11 is 0. The molecule has 0 spiro atoms. The molecule has 0 saturated carbocycles. The predicted molar refractivity (Wildman–Crippen MR) is 63.1 cm³/mol. The number of carboxylic acid groups (broad SMARTS) is 1. The van der Waals surface area contributed by atoms with Gasteiger partial charge in [0.15, 0.2) is 0 Å². The first-order chi connectivity index (χ1) is 7.21. The molecular weight excluding hydrogens is 206 g/mol. The highest BCUT2D eigenvalue weighted by Gasteiger charge is 2.29. The van der Waals surface area contributed by atoms with Crippen molar-refractivity contribution in [3.8, 4) is 0 Å². The molecule has 0 aliphatic carbocycles. The molecule has 1 amide bonds. The van der Waals surface area contributed by atoms with Crippen LogP contribution in [0, 0.1) is 11.8 Å². The van der Waals surface area contributed by atoms with Crippen molar-refractivity contribution in [1.82, 2.24) is 5.32 Å². The van der Waals surface area contributed by atoms with Crippen molar-refractivity contribution >= 4 is 11.9 Å². The average molecular weight is 229 g/mol. The van der Waals surface area contributed by atoms with Crippen molar-refractivity contribution in [3.63, 3.8) is 0 Å². The third-order valence-corrected chi connectivity index (χ3v) is 2.89. The zero-order valence-electron chi connectivity index (χ0n) is 10.8. The average Bonchev–Trinajstić information content (AvgIpc) is 2.14. The van der Waals surface area contributed by atoms with Gasteiger partial charge in [0.2, 0.25) is 5.91 Å². The van der Waals surface area contributed by atoms with Gasteiger partial charge in [-0.2, -0.15) is 0 Å². The molecule has 0 heterocycles. The maximum atomic E-state index is 11.8. The van der Waals surface area contributed by atoms with Crippen LogP contribution in [0.2, 0.25) is 0 Å². The van der Waals surface area contributed by atoms with Crippen molar-refractivity contribution in [2.24, 2.45) is 11.8 Å². The van der Waals surface area contributed by atoms with E-state index in [-0.39, 0.29) is 11.4 Å². The Morgan fingerprint density at radius 1 is 1.25 bits per heavy atom. The topological polar surface area (TPSA) is 66.4 Å². The molecule has 4 nitrogen and oxygen atoms in total. The molecule has 0 aromatic heterocycles. The molecule has 0 fully saturated rings. The summed E-state index contributed by atoms with van der Waals surface area (Å²) in [6.07, 6.45) is 1.86. The Morgan fingerprint density at radius 2 is 1.75 bits per heavy atom. The molecule has 94 valence electrons. The number of amides is 1. The van der Waals surface area contributed by atoms with Crippen LogP contribution in [-0.2, 0) is 9.59 Å². The molecule has 2 unspecified atom stereocenters. The maximum absolute atomic E-state index is 11.8. The van der Waals surface area contributed by atoms with Crippen molar-refractivity contribution in [1.29, 1.82) is 0 Å². The summed E-state index contributed by atoms with van der Waals surface area (Å²) in [5, 5.41) is 11.7. The smallest absolute Gasteiger partial charge is 0.307 e. The Balaban J connectivity index is 4.41. The van der Waals surface area contributed by atoms with E-state index in [9.17, 15) is 9.59 Å². The second-order valence-electron chi connectivity index (χ2n) is 5.04. The Labute approximate surface area is 97.4 Å². The van der Waals surface area contributed by atoms with Crippen LogP contribution in [0.5, 0.6) is 0 Å². The van der Waals surface area contributed by atoms with E-state index in [1.165, 1.54) is 0 Å². The van der Waals surface area contributed by atoms with Gasteiger partial charge >= 0.3 is 5.97 Å². The summed E-state index contributed by atoms with van der Waals surface area (Å²) in [5.41, 5.74) is -0.266. The number of nitrogens with one attached hydrogen (secondary N) is 1. The SMILES string of the molecule is CCCC(C)(C)NC(=O)C(C)C(C)C(=O)O. The normalized spacial score (nSPS) is 15.3. The van der Waals surface area contributed by atoms with Gasteiger partial charge in [-0.05, 0) is 20.3 Å². The van der Waals surface area contributed by atoms with Gasteiger partial charge < -0.3 is 10.4 Å². The number of carboxylic acids is 1. The van der Waals surface area contributed by atoms with Crippen LogP contribution in [0.4, 0.5) is 0 Å². The number of aliphatic carboxylic acids is 1. The molecule has 0 aromatic carbocycles. The molecule has 0 aliphatic rings. The van der Waals surface area contributed by atoms with E-state index < -0.39 is 17.8 Å². The van der Waals surface area contributed by atoms with E-state index in [0.717, 1.165) is 12.8 Å². The molecule has 0 aliphatic heterocycles. The lowest BCUT2D eigenvalue weighted by molar-refractivity contribution is -0.146. The molecular formula is C12H23NO3. The summed E-state index contributed by atoms with van der Waals surface area (Å²) in [7, 11) is 0. The van der Waals surface area contributed by atoms with Crippen LogP contribution >= 0.6 is 0 Å². The molecule has 0 rings (SSSR count). The lowest BCUT2D eigenvalue weighted by Crippen LogP contribution is -2.47. The van der Waals surface area contributed by atoms with Gasteiger partial charge in [0, 0.05) is 11.5 Å². The minimum absolute atomic E-state index is 0.187. The van der Waals surface area contributed by atoms with Gasteiger partial charge in [-0.1, -0.05) is 27.2 Å². The van der Waals surface area contributed by atoms with Crippen LogP contribution < -0.4 is 5.32 Å². The summed E-state index contributed by atoms with van der Waals surface area (Å²) in [4.78, 5) is 22.6. The van der Waals surface area contributed by atoms with E-state index in [1.54, 1.807) is 13.8 Å². The highest BCUT2D eigenvalue weighted by molar-refractivity contribution is 5.84. The fourth-order valence-corrected chi connectivity index (χ4v) is 1.58. The van der Waals surface area contributed by atoms with E-state index in [0.29, 0.717) is 0 Å². The number of carbonyl (C=O) groups is 2. The van der Waals surface area contributed by atoms with Crippen LogP contribution in [0.3, 0.4) is 0 Å². The van der Waals surface area contributed by atoms with Gasteiger partial charge in [0.1, 0.15) is 0 Å². The Kier molecular flexibility index (Phi) is 5.48. The molecule has 2 N–H and O–H groups in total. The van der Waals surface area contributed by atoms with Crippen LogP contribution in [-0.4, -0.2) is 22.5 Å². The zero-order chi connectivity index (χ0) is 12.9. The zero-order valence-corrected chi connectivity index (χ0v) is 10.8. The molecule has 0 bridgehead atoms. The summed E-state index contributed by atoms with van der Waals surface area (Å²) in [6.45, 7) is 9.16. The lowest BCUT2D eigenvalue weighted by atomic mass is 9.92. The van der Waals surface area contributed by atoms with Gasteiger partial charge in [-0.25, -0.2) is 0 Å². The molecule has 0 radical (unpaired) electrons. The van der Waals surface area contributed by atoms with Gasteiger partial charge in [0.25, 0.3) is 0 Å². The second kappa shape index (κ2) is 5.87. The largest absolute Gasteiger partial charge is 0.481 e. The van der Waals surface area contributed by atoms with Crippen LogP contribution in [0.25, 0.3) is 0 Å². The fraction of sp³-hybridized carbons (Fsp3) is 0.833. The van der Waals surface area contributed by atoms with Crippen molar-refractivity contribution < 1.29 is 14.7 Å². The van der Waals surface area contributed by atoms with Crippen molar-refractivity contribution in [2.75, 3.05) is 0 Å². The van der Waals surface area contributed by atoms with E-state index in [4.69, 9.17) is 5.11 Å². The highest BCUT2D eigenvalue weighted by atomic mass is 16.4. The third-order valence-electron chi connectivity index (χ3n) is 2.89. The summed E-state index contributed by atoms with van der Waals surface area (Å²) < 4.78 is 0. The minimum atomic E-state index is -0.934. The Morgan fingerprint density at radius 3 is 2.12 bits per heavy atom. The number of carbonyl (C=O) groups excluding carboxylic acids is 1. The highest BCUT2D eigenvalue weighted by Crippen LogP contribution is 2.16. The van der Waals surface area contributed by atoms with Crippen molar-refractivity contribution in [2.45, 2.75) is 53.0 Å². The van der Waals surface area contributed by atoms with Gasteiger partial charge in [0.05, 0.1) is 5.92 Å². The van der Waals surface area contributed by atoms with E-state index in [1.807, 2.05) is 13.8 Å². The maximum Gasteiger partial charge on any atom is 0.307 e. The monoisotopic (exact) mass is 229 g/mol. The molecule has 4 heteroatoms. The number of hydrogen-bond acceptors (Lipinski definition) is 2. The number of rotatable bonds is 6. The lowest BCUT2D eigenvalue weighted by Gasteiger charge is -2.28. The van der Waals surface area contributed by atoms with Gasteiger partial charge in [-0.3, -0.25) is 9.59 Å². The molecule has 0 saturated heterocycles. The fourth-order valence-electron chi connectivity index (χ4n) is 1.58. The first-order valence-corrected chi connectivity index (χ1v) is 5.76. The van der Waals surface area contributed by atoms with Crippen LogP contribution in [0.1, 0.15) is 47.5 Å². The molecule has 16 heavy (non-hydrogen) atoms. The predicted octanol–water partition coefficient (Wildman–Crippen LogP) is 2.04. The Hall–Kier alpha value is -1.06. The van der Waals surface area contributed by atoms with E-state index >= 15 is 0 Å². The first-order valence-electron chi connectivity index (χ1n) is 5.76. The molecule has 2 atom stereocenters. The molecule has 0 aromatic rings. The quantitative estimate of drug-likeness (QED) is 0.732. The summed E-state index contributed by atoms with van der Waals surface area (Å²) in [5.74, 6) is -2.28. The van der Waals surface area contributed by atoms with Crippen LogP contribution in [0.15, 0.2) is 0 Å². The van der Waals surface area contributed by atoms with E-state index in [2.05, 4.69) is 12.2 Å². The minimum Gasteiger partial charge on any atom is -0.481 e. The van der Waals surface area contributed by atoms with Gasteiger partial charge in [-0.15, -0.1) is 0 Å². The van der Waals surface area contributed by atoms with Crippen molar-refractivity contribution in [3.05, 3.63) is 0 Å². The standard InChI is InChI=1S/C12H23NO3/c1-6-7-12(4,5)13-10(14)8(2)9(3)11(15)16/h8-9H,6-7H2,1-5H3,(H,13,14)(H,15,16). The third kappa shape index (κ3) is 4.64. The summed E-state index contributed by atoms with van der Waals surface area (Å²) in [6, 6.07) is 0. The Bertz CT molecular complexity index is 261. The first kappa shape index (κ1) is 14.9.